The quantitative estimate of drug-likeness (QED) is 0.0197. The minimum atomic E-state index is -4.74. The summed E-state index contributed by atoms with van der Waals surface area (Å²) in [6.45, 7) is 4.55. The molecule has 410 valence electrons. The predicted octanol–water partition coefficient (Wildman–Crippen LogP) is 16.8. The molecule has 0 bridgehead atoms. The second kappa shape index (κ2) is 53.0. The van der Waals surface area contributed by atoms with Crippen molar-refractivity contribution in [2.45, 2.75) is 290 Å². The van der Waals surface area contributed by atoms with Gasteiger partial charge in [0.05, 0.1) is 19.8 Å². The van der Waals surface area contributed by atoms with Crippen molar-refractivity contribution in [1.29, 1.82) is 0 Å². The van der Waals surface area contributed by atoms with Crippen LogP contribution >= 0.6 is 7.82 Å². The maximum Gasteiger partial charge on any atom is 0.472 e. The van der Waals surface area contributed by atoms with Gasteiger partial charge in [0.1, 0.15) is 12.7 Å². The zero-order chi connectivity index (χ0) is 51.3. The van der Waals surface area contributed by atoms with Crippen LogP contribution in [0.4, 0.5) is 0 Å². The Balaban J connectivity index is 4.71. The minimum Gasteiger partial charge on any atom is -0.462 e. The van der Waals surface area contributed by atoms with Gasteiger partial charge in [-0.1, -0.05) is 243 Å². The van der Waals surface area contributed by atoms with Crippen molar-refractivity contribution in [3.8, 4) is 0 Å². The van der Waals surface area contributed by atoms with Gasteiger partial charge >= 0.3 is 25.7 Å². The second-order valence-electron chi connectivity index (χ2n) is 19.4. The molecule has 0 saturated heterocycles. The van der Waals surface area contributed by atoms with Crippen LogP contribution in [0, 0.1) is 0 Å². The number of hydrogen-bond acceptors (Lipinski definition) is 10. The van der Waals surface area contributed by atoms with Crippen LogP contribution in [0.15, 0.2) is 36.5 Å². The first-order valence-corrected chi connectivity index (χ1v) is 30.4. The Morgan fingerprint density at radius 3 is 1.14 bits per heavy atom. The van der Waals surface area contributed by atoms with E-state index in [0.717, 1.165) is 89.9 Å². The molecular formula is C58H107O11P. The van der Waals surface area contributed by atoms with Crippen molar-refractivity contribution < 1.29 is 52.2 Å². The second-order valence-corrected chi connectivity index (χ2v) is 20.9. The SMILES string of the molecule is CC/C=C\C/C=C\C/C=C\CCCCCCCC(=O)OC(COC(=O)CCCCCCCCCCCCCCCCC)COP(=O)(O)OCC(CO)OC(=O)CCCCCCCCCCCCCCC. The molecule has 0 aliphatic rings. The molecule has 3 atom stereocenters. The number of aliphatic hydroxyl groups is 1. The highest BCUT2D eigenvalue weighted by Crippen LogP contribution is 2.43. The first-order valence-electron chi connectivity index (χ1n) is 28.9. The van der Waals surface area contributed by atoms with Crippen LogP contribution in [-0.2, 0) is 42.2 Å². The summed E-state index contributed by atoms with van der Waals surface area (Å²) in [6, 6.07) is 0. The molecule has 0 aromatic rings. The van der Waals surface area contributed by atoms with Crippen LogP contribution in [0.3, 0.4) is 0 Å². The van der Waals surface area contributed by atoms with Crippen molar-refractivity contribution in [3.05, 3.63) is 36.5 Å². The molecule has 0 spiro atoms. The summed E-state index contributed by atoms with van der Waals surface area (Å²) >= 11 is 0. The van der Waals surface area contributed by atoms with Gasteiger partial charge in [0, 0.05) is 19.3 Å². The molecule has 3 unspecified atom stereocenters. The monoisotopic (exact) mass is 1010 g/mol. The lowest BCUT2D eigenvalue weighted by Gasteiger charge is -2.21. The van der Waals surface area contributed by atoms with Crippen LogP contribution in [-0.4, -0.2) is 66.5 Å². The van der Waals surface area contributed by atoms with E-state index in [1.54, 1.807) is 0 Å². The van der Waals surface area contributed by atoms with E-state index < -0.39 is 57.8 Å². The summed E-state index contributed by atoms with van der Waals surface area (Å²) in [6.07, 6.45) is 53.8. The molecule has 11 nitrogen and oxygen atoms in total. The molecule has 0 fully saturated rings. The fraction of sp³-hybridized carbons (Fsp3) is 0.845. The first kappa shape index (κ1) is 67.7. The Morgan fingerprint density at radius 2 is 0.743 bits per heavy atom. The number of carbonyl (C=O) groups is 3. The Bertz CT molecular complexity index is 1320. The maximum absolute atomic E-state index is 12.9. The standard InChI is InChI=1S/C58H107O11P/c1-4-7-10-13-16-19-22-25-27-30-32-35-38-41-44-47-56(60)65-51-55(69-58(62)49-46-43-40-37-34-31-28-26-23-20-17-14-11-8-5-2)53-67-70(63,64)66-52-54(50-59)68-57(61)48-45-42-39-36-33-29-24-21-18-15-12-9-6-3/h8,11,17,20,26,28,54-55,59H,4-7,9-10,12-16,18-19,21-25,27,29-53H2,1-3H3,(H,63,64)/b11-8-,20-17-,28-26-. The Labute approximate surface area is 429 Å². The van der Waals surface area contributed by atoms with Crippen LogP contribution in [0.5, 0.6) is 0 Å². The van der Waals surface area contributed by atoms with Crippen molar-refractivity contribution >= 4 is 25.7 Å². The third-order valence-corrected chi connectivity index (χ3v) is 13.5. The molecule has 12 heteroatoms. The van der Waals surface area contributed by atoms with Crippen molar-refractivity contribution in [2.24, 2.45) is 0 Å². The van der Waals surface area contributed by atoms with E-state index in [1.165, 1.54) is 128 Å². The summed E-state index contributed by atoms with van der Waals surface area (Å²) in [5, 5.41) is 9.80. The van der Waals surface area contributed by atoms with Crippen LogP contribution < -0.4 is 0 Å². The molecule has 0 radical (unpaired) electrons. The van der Waals surface area contributed by atoms with E-state index in [2.05, 4.69) is 57.2 Å². The number of phosphoric ester groups is 1. The number of rotatable bonds is 54. The van der Waals surface area contributed by atoms with Gasteiger partial charge in [-0.15, -0.1) is 0 Å². The van der Waals surface area contributed by atoms with Crippen LogP contribution in [0.25, 0.3) is 0 Å². The molecule has 0 heterocycles. The molecule has 2 N–H and O–H groups in total. The van der Waals surface area contributed by atoms with Gasteiger partial charge in [-0.2, -0.15) is 0 Å². The van der Waals surface area contributed by atoms with Gasteiger partial charge in [-0.3, -0.25) is 23.4 Å². The molecule has 0 aromatic carbocycles. The lowest BCUT2D eigenvalue weighted by molar-refractivity contribution is -0.161. The number of phosphoric acid groups is 1. The number of ether oxygens (including phenoxy) is 3. The third-order valence-electron chi connectivity index (χ3n) is 12.6. The minimum absolute atomic E-state index is 0.152. The average Bonchev–Trinajstić information content (AvgIpc) is 3.35. The van der Waals surface area contributed by atoms with Crippen molar-refractivity contribution in [1.82, 2.24) is 0 Å². The van der Waals surface area contributed by atoms with Gasteiger partial charge in [0.25, 0.3) is 0 Å². The molecule has 0 rings (SSSR count). The average molecular weight is 1010 g/mol. The fourth-order valence-corrected chi connectivity index (χ4v) is 8.98. The highest BCUT2D eigenvalue weighted by Gasteiger charge is 2.28. The number of hydrogen-bond donors (Lipinski definition) is 2. The van der Waals surface area contributed by atoms with Gasteiger partial charge in [0.2, 0.25) is 0 Å². The normalized spacial score (nSPS) is 13.6. The molecule has 70 heavy (non-hydrogen) atoms. The molecule has 0 aliphatic heterocycles. The summed E-state index contributed by atoms with van der Waals surface area (Å²) < 4.78 is 39.5. The third kappa shape index (κ3) is 50.6. The molecule has 0 saturated carbocycles. The number of esters is 3. The molecule has 0 aliphatic carbocycles. The van der Waals surface area contributed by atoms with Crippen LogP contribution in [0.1, 0.15) is 278 Å². The number of aliphatic hydroxyl groups excluding tert-OH is 1. The van der Waals surface area contributed by atoms with E-state index in [4.69, 9.17) is 23.3 Å². The van der Waals surface area contributed by atoms with E-state index in [1.807, 2.05) is 0 Å². The van der Waals surface area contributed by atoms with E-state index >= 15 is 0 Å². The summed E-state index contributed by atoms with van der Waals surface area (Å²) in [5.41, 5.74) is 0. The topological polar surface area (TPSA) is 155 Å². The number of allylic oxidation sites excluding steroid dienone is 6. The van der Waals surface area contributed by atoms with Crippen molar-refractivity contribution in [3.63, 3.8) is 0 Å². The molecular weight excluding hydrogens is 904 g/mol. The van der Waals surface area contributed by atoms with Gasteiger partial charge in [-0.25, -0.2) is 4.57 Å². The number of unbranched alkanes of at least 4 members (excludes halogenated alkanes) is 31. The summed E-state index contributed by atoms with van der Waals surface area (Å²) in [7, 11) is -4.74. The summed E-state index contributed by atoms with van der Waals surface area (Å²) in [5.74, 6) is -1.46. The van der Waals surface area contributed by atoms with Gasteiger partial charge in [0.15, 0.2) is 6.10 Å². The lowest BCUT2D eigenvalue weighted by atomic mass is 10.0. The lowest BCUT2D eigenvalue weighted by Crippen LogP contribution is -2.30. The van der Waals surface area contributed by atoms with Crippen LogP contribution in [0.2, 0.25) is 0 Å². The smallest absolute Gasteiger partial charge is 0.462 e. The molecule has 0 amide bonds. The van der Waals surface area contributed by atoms with Gasteiger partial charge < -0.3 is 24.2 Å². The zero-order valence-corrected chi connectivity index (χ0v) is 46.1. The highest BCUT2D eigenvalue weighted by molar-refractivity contribution is 7.47. The fourth-order valence-electron chi connectivity index (χ4n) is 8.20. The first-order chi connectivity index (χ1) is 34.2. The Kier molecular flexibility index (Phi) is 51.3. The maximum atomic E-state index is 12.9. The Hall–Kier alpha value is -2.30. The molecule has 0 aromatic heterocycles. The van der Waals surface area contributed by atoms with E-state index in [0.29, 0.717) is 19.3 Å². The Morgan fingerprint density at radius 1 is 0.414 bits per heavy atom. The largest absolute Gasteiger partial charge is 0.472 e. The van der Waals surface area contributed by atoms with Crippen molar-refractivity contribution in [2.75, 3.05) is 26.4 Å². The van der Waals surface area contributed by atoms with E-state index in [9.17, 15) is 28.9 Å². The predicted molar refractivity (Wildman–Crippen MR) is 289 cm³/mol. The van der Waals surface area contributed by atoms with E-state index in [-0.39, 0.29) is 25.9 Å². The van der Waals surface area contributed by atoms with Gasteiger partial charge in [-0.05, 0) is 51.4 Å². The highest BCUT2D eigenvalue weighted by atomic mass is 31.2. The zero-order valence-electron chi connectivity index (χ0n) is 45.2. The summed E-state index contributed by atoms with van der Waals surface area (Å²) in [4.78, 5) is 48.5. The number of carbonyl (C=O) groups excluding carboxylic acids is 3.